The van der Waals surface area contributed by atoms with E-state index < -0.39 is 42.5 Å². The number of halogens is 3. The van der Waals surface area contributed by atoms with Crippen molar-refractivity contribution < 1.29 is 27.9 Å². The fourth-order valence-electron chi connectivity index (χ4n) is 2.52. The maximum Gasteiger partial charge on any atom is 0.416 e. The zero-order chi connectivity index (χ0) is 12.8. The standard InChI is InChI=1S/C10H12F3NO3/c11-10(12,13)7(15)4-14-8(16)5-2-1-3-6(5)9(14)17/h5-7,15H,1-4H2. The molecule has 1 N–H and O–H groups in total. The molecule has 1 aliphatic carbocycles. The number of rotatable bonds is 2. The van der Waals surface area contributed by atoms with Crippen molar-refractivity contribution in [2.75, 3.05) is 6.54 Å². The lowest BCUT2D eigenvalue weighted by Crippen LogP contribution is -2.44. The number of hydrogen-bond acceptors (Lipinski definition) is 3. The molecule has 0 spiro atoms. The summed E-state index contributed by atoms with van der Waals surface area (Å²) in [6.07, 6.45) is -5.61. The van der Waals surface area contributed by atoms with Gasteiger partial charge in [0.1, 0.15) is 0 Å². The second kappa shape index (κ2) is 3.97. The smallest absolute Gasteiger partial charge is 0.382 e. The van der Waals surface area contributed by atoms with Crippen molar-refractivity contribution in [3.8, 4) is 0 Å². The van der Waals surface area contributed by atoms with Crippen LogP contribution in [0.15, 0.2) is 0 Å². The number of imide groups is 1. The van der Waals surface area contributed by atoms with E-state index in [1.54, 1.807) is 0 Å². The highest BCUT2D eigenvalue weighted by Gasteiger charge is 2.52. The van der Waals surface area contributed by atoms with Crippen molar-refractivity contribution in [2.45, 2.75) is 31.5 Å². The van der Waals surface area contributed by atoms with Gasteiger partial charge in [-0.15, -0.1) is 0 Å². The summed E-state index contributed by atoms with van der Waals surface area (Å²) in [7, 11) is 0. The number of amides is 2. The molecular formula is C10H12F3NO3. The minimum absolute atomic E-state index is 0.470. The number of fused-ring (bicyclic) bond motifs is 1. The second-order valence-electron chi connectivity index (χ2n) is 4.49. The van der Waals surface area contributed by atoms with Crippen LogP contribution in [0, 0.1) is 11.8 Å². The highest BCUT2D eigenvalue weighted by atomic mass is 19.4. The monoisotopic (exact) mass is 251 g/mol. The molecule has 1 saturated carbocycles. The summed E-state index contributed by atoms with van der Waals surface area (Å²) in [4.78, 5) is 23.9. The van der Waals surface area contributed by atoms with Gasteiger partial charge in [0.15, 0.2) is 6.10 Å². The number of β-amino-alcohol motifs (C(OH)–C–C–N with tert-alkyl or cyclic N) is 1. The third-order valence-electron chi connectivity index (χ3n) is 3.42. The molecule has 2 aliphatic rings. The lowest BCUT2D eigenvalue weighted by molar-refractivity contribution is -0.207. The number of carbonyl (C=O) groups excluding carboxylic acids is 2. The molecule has 1 saturated heterocycles. The Labute approximate surface area is 95.4 Å². The van der Waals surface area contributed by atoms with E-state index in [0.29, 0.717) is 17.7 Å². The first-order chi connectivity index (χ1) is 7.82. The first kappa shape index (κ1) is 12.3. The van der Waals surface area contributed by atoms with Gasteiger partial charge in [-0.05, 0) is 12.8 Å². The molecule has 2 rings (SSSR count). The van der Waals surface area contributed by atoms with Crippen LogP contribution in [0.2, 0.25) is 0 Å². The van der Waals surface area contributed by atoms with Crippen molar-refractivity contribution in [3.63, 3.8) is 0 Å². The Balaban J connectivity index is 2.08. The molecule has 0 aromatic rings. The lowest BCUT2D eigenvalue weighted by atomic mass is 10.00. The van der Waals surface area contributed by atoms with E-state index in [9.17, 15) is 22.8 Å². The molecule has 4 nitrogen and oxygen atoms in total. The fourth-order valence-corrected chi connectivity index (χ4v) is 2.52. The summed E-state index contributed by atoms with van der Waals surface area (Å²) in [5.41, 5.74) is 0. The molecule has 2 fully saturated rings. The van der Waals surface area contributed by atoms with Gasteiger partial charge in [0.25, 0.3) is 0 Å². The van der Waals surface area contributed by atoms with Gasteiger partial charge < -0.3 is 5.11 Å². The average Bonchev–Trinajstić information content (AvgIpc) is 2.77. The number of alkyl halides is 3. The largest absolute Gasteiger partial charge is 0.416 e. The molecule has 3 atom stereocenters. The molecule has 1 aliphatic heterocycles. The summed E-state index contributed by atoms with van der Waals surface area (Å²) < 4.78 is 36.4. The van der Waals surface area contributed by atoms with Crippen molar-refractivity contribution in [2.24, 2.45) is 11.8 Å². The van der Waals surface area contributed by atoms with Crippen LogP contribution < -0.4 is 0 Å². The van der Waals surface area contributed by atoms with Crippen molar-refractivity contribution in [3.05, 3.63) is 0 Å². The van der Waals surface area contributed by atoms with Crippen LogP contribution in [-0.2, 0) is 9.59 Å². The van der Waals surface area contributed by atoms with Gasteiger partial charge in [0.2, 0.25) is 11.8 Å². The van der Waals surface area contributed by atoms with Crippen molar-refractivity contribution in [1.29, 1.82) is 0 Å². The number of aliphatic hydroxyl groups is 1. The molecule has 96 valence electrons. The van der Waals surface area contributed by atoms with Crippen molar-refractivity contribution >= 4 is 11.8 Å². The van der Waals surface area contributed by atoms with Crippen LogP contribution in [0.1, 0.15) is 19.3 Å². The molecule has 2 amide bonds. The van der Waals surface area contributed by atoms with Crippen LogP contribution in [0.5, 0.6) is 0 Å². The molecule has 0 radical (unpaired) electrons. The first-order valence-corrected chi connectivity index (χ1v) is 5.42. The number of hydrogen-bond donors (Lipinski definition) is 1. The third kappa shape index (κ3) is 2.03. The number of carbonyl (C=O) groups is 2. The SMILES string of the molecule is O=C1C2CCCC2C(=O)N1CC(O)C(F)(F)F. The van der Waals surface area contributed by atoms with Gasteiger partial charge in [-0.1, -0.05) is 6.42 Å². The van der Waals surface area contributed by atoms with Crippen LogP contribution in [0.4, 0.5) is 13.2 Å². The molecule has 3 unspecified atom stereocenters. The zero-order valence-corrected chi connectivity index (χ0v) is 8.91. The van der Waals surface area contributed by atoms with E-state index in [4.69, 9.17) is 5.11 Å². The molecule has 17 heavy (non-hydrogen) atoms. The molecule has 0 aromatic heterocycles. The van der Waals surface area contributed by atoms with Crippen LogP contribution >= 0.6 is 0 Å². The van der Waals surface area contributed by atoms with Crippen LogP contribution in [-0.4, -0.2) is 40.6 Å². The maximum absolute atomic E-state index is 12.1. The van der Waals surface area contributed by atoms with Crippen LogP contribution in [0.25, 0.3) is 0 Å². The highest BCUT2D eigenvalue weighted by molar-refractivity contribution is 6.05. The van der Waals surface area contributed by atoms with E-state index in [1.807, 2.05) is 0 Å². The number of likely N-dealkylation sites (tertiary alicyclic amines) is 1. The molecule has 1 heterocycles. The van der Waals surface area contributed by atoms with Gasteiger partial charge >= 0.3 is 6.18 Å². The minimum Gasteiger partial charge on any atom is -0.382 e. The molecule has 0 aromatic carbocycles. The Morgan fingerprint density at radius 3 is 2.12 bits per heavy atom. The molecular weight excluding hydrogens is 239 g/mol. The van der Waals surface area contributed by atoms with E-state index in [2.05, 4.69) is 0 Å². The van der Waals surface area contributed by atoms with Crippen LogP contribution in [0.3, 0.4) is 0 Å². The summed E-state index contributed by atoms with van der Waals surface area (Å²) in [6.45, 7) is -0.978. The average molecular weight is 251 g/mol. The number of aliphatic hydroxyl groups excluding tert-OH is 1. The fraction of sp³-hybridized carbons (Fsp3) is 0.800. The van der Waals surface area contributed by atoms with Gasteiger partial charge in [-0.25, -0.2) is 0 Å². The third-order valence-corrected chi connectivity index (χ3v) is 3.42. The Kier molecular flexibility index (Phi) is 2.89. The Morgan fingerprint density at radius 1 is 1.24 bits per heavy atom. The quantitative estimate of drug-likeness (QED) is 0.735. The molecule has 0 bridgehead atoms. The topological polar surface area (TPSA) is 57.6 Å². The lowest BCUT2D eigenvalue weighted by Gasteiger charge is -2.21. The second-order valence-corrected chi connectivity index (χ2v) is 4.49. The summed E-state index contributed by atoms with van der Waals surface area (Å²) in [5, 5.41) is 8.87. The maximum atomic E-state index is 12.1. The summed E-state index contributed by atoms with van der Waals surface area (Å²) >= 11 is 0. The Morgan fingerprint density at radius 2 is 1.71 bits per heavy atom. The Bertz CT molecular complexity index is 333. The first-order valence-electron chi connectivity index (χ1n) is 5.42. The predicted molar refractivity (Wildman–Crippen MR) is 49.6 cm³/mol. The van der Waals surface area contributed by atoms with Gasteiger partial charge in [-0.2, -0.15) is 13.2 Å². The van der Waals surface area contributed by atoms with Gasteiger partial charge in [-0.3, -0.25) is 14.5 Å². The zero-order valence-electron chi connectivity index (χ0n) is 8.91. The molecule has 7 heteroatoms. The predicted octanol–water partition coefficient (Wildman–Crippen LogP) is 0.695. The van der Waals surface area contributed by atoms with E-state index >= 15 is 0 Å². The highest BCUT2D eigenvalue weighted by Crippen LogP contribution is 2.40. The van der Waals surface area contributed by atoms with E-state index in [0.717, 1.165) is 6.42 Å². The van der Waals surface area contributed by atoms with Gasteiger partial charge in [0, 0.05) is 0 Å². The van der Waals surface area contributed by atoms with Crippen molar-refractivity contribution in [1.82, 2.24) is 4.90 Å². The normalized spacial score (nSPS) is 30.9. The van der Waals surface area contributed by atoms with Gasteiger partial charge in [0.05, 0.1) is 18.4 Å². The van der Waals surface area contributed by atoms with E-state index in [1.165, 1.54) is 0 Å². The van der Waals surface area contributed by atoms with E-state index in [-0.39, 0.29) is 0 Å². The minimum atomic E-state index is -4.81. The summed E-state index contributed by atoms with van der Waals surface area (Å²) in [5.74, 6) is -2.08. The summed E-state index contributed by atoms with van der Waals surface area (Å²) in [6, 6.07) is 0. The Hall–Kier alpha value is -1.11. The number of nitrogens with zero attached hydrogens (tertiary/aromatic N) is 1.